The summed E-state index contributed by atoms with van der Waals surface area (Å²) in [4.78, 5) is 37.5. The largest absolute Gasteiger partial charge is 0.511 e. The van der Waals surface area contributed by atoms with Crippen LogP contribution in [0.2, 0.25) is 5.02 Å². The van der Waals surface area contributed by atoms with Crippen molar-refractivity contribution >= 4 is 29.8 Å². The Balaban J connectivity index is 1.85. The van der Waals surface area contributed by atoms with E-state index in [0.717, 1.165) is 6.08 Å². The Morgan fingerprint density at radius 2 is 1.85 bits per heavy atom. The molecule has 1 aromatic carbocycles. The van der Waals surface area contributed by atoms with E-state index in [1.807, 2.05) is 0 Å². The Morgan fingerprint density at radius 1 is 1.15 bits per heavy atom. The summed E-state index contributed by atoms with van der Waals surface area (Å²) in [7, 11) is 0. The first-order valence-corrected chi connectivity index (χ1v) is 9.43. The lowest BCUT2D eigenvalue weighted by Gasteiger charge is -2.28. The zero-order chi connectivity index (χ0) is 24.6. The molecular formula is C18H17ClF3NO10. The van der Waals surface area contributed by atoms with E-state index in [4.69, 9.17) is 21.1 Å². The zero-order valence-electron chi connectivity index (χ0n) is 16.9. The molecule has 1 aromatic rings. The van der Waals surface area contributed by atoms with Crippen LogP contribution in [0.15, 0.2) is 17.7 Å². The second-order valence-corrected chi connectivity index (χ2v) is 6.68. The van der Waals surface area contributed by atoms with Crippen molar-refractivity contribution in [3.05, 3.63) is 44.0 Å². The summed E-state index contributed by atoms with van der Waals surface area (Å²) in [5.41, 5.74) is -0.369. The summed E-state index contributed by atoms with van der Waals surface area (Å²) in [5.74, 6) is -1.51. The van der Waals surface area contributed by atoms with Crippen molar-refractivity contribution in [1.82, 2.24) is 0 Å². The highest BCUT2D eigenvalue weighted by molar-refractivity contribution is 6.30. The van der Waals surface area contributed by atoms with Crippen LogP contribution in [0.3, 0.4) is 0 Å². The fraction of sp³-hybridized carbons (Fsp3) is 0.444. The van der Waals surface area contributed by atoms with Crippen LogP contribution >= 0.6 is 11.6 Å². The molecule has 0 radical (unpaired) electrons. The van der Waals surface area contributed by atoms with Gasteiger partial charge in [-0.05, 0) is 30.7 Å². The highest BCUT2D eigenvalue weighted by Gasteiger charge is 2.49. The molecule has 1 heterocycles. The van der Waals surface area contributed by atoms with Gasteiger partial charge in [-0.25, -0.2) is 9.59 Å². The summed E-state index contributed by atoms with van der Waals surface area (Å²) in [5, 5.41) is 9.14. The Kier molecular flexibility index (Phi) is 9.11. The second-order valence-electron chi connectivity index (χ2n) is 6.24. The van der Waals surface area contributed by atoms with Crippen LogP contribution in [-0.4, -0.2) is 62.7 Å². The molecule has 0 N–H and O–H groups in total. The molecule has 1 aliphatic heterocycles. The third kappa shape index (κ3) is 7.98. The second kappa shape index (κ2) is 11.6. The highest BCUT2D eigenvalue weighted by atomic mass is 35.5. The molecule has 0 aromatic heterocycles. The summed E-state index contributed by atoms with van der Waals surface area (Å²) in [6.07, 6.45) is -7.88. The molecule has 33 heavy (non-hydrogen) atoms. The average Bonchev–Trinajstić information content (AvgIpc) is 2.71. The van der Waals surface area contributed by atoms with Crippen molar-refractivity contribution in [2.45, 2.75) is 19.2 Å². The van der Waals surface area contributed by atoms with Gasteiger partial charge in [0, 0.05) is 10.6 Å². The number of ether oxygens (including phenoxy) is 5. The lowest BCUT2D eigenvalue weighted by Crippen LogP contribution is -2.41. The number of hydrogen-bond acceptors (Lipinski definition) is 10. The number of hydrogen-bond donors (Lipinski definition) is 0. The predicted molar refractivity (Wildman–Crippen MR) is 102 cm³/mol. The number of nitrogens with zero attached hydrogens (tertiary/aromatic N) is 1. The molecule has 11 nitrogen and oxygen atoms in total. The fourth-order valence-corrected chi connectivity index (χ4v) is 2.85. The van der Waals surface area contributed by atoms with E-state index in [2.05, 4.69) is 19.0 Å². The Hall–Kier alpha value is -3.26. The summed E-state index contributed by atoms with van der Waals surface area (Å²) in [6.45, 7) is -0.435. The Labute approximate surface area is 189 Å². The van der Waals surface area contributed by atoms with E-state index >= 15 is 0 Å². The number of benzene rings is 1. The first kappa shape index (κ1) is 26.0. The molecule has 0 fully saturated rings. The van der Waals surface area contributed by atoms with Gasteiger partial charge in [0.1, 0.15) is 19.0 Å². The third-order valence-electron chi connectivity index (χ3n) is 3.87. The van der Waals surface area contributed by atoms with Gasteiger partial charge in [0.2, 0.25) is 12.9 Å². The maximum Gasteiger partial charge on any atom is 0.511 e. The lowest BCUT2D eigenvalue weighted by atomic mass is 9.99. The maximum absolute atomic E-state index is 13.4. The Morgan fingerprint density at radius 3 is 2.52 bits per heavy atom. The minimum absolute atomic E-state index is 0.0785. The first-order valence-electron chi connectivity index (χ1n) is 9.06. The fourth-order valence-electron chi connectivity index (χ4n) is 2.57. The van der Waals surface area contributed by atoms with Crippen LogP contribution in [0.1, 0.15) is 11.1 Å². The summed E-state index contributed by atoms with van der Waals surface area (Å²) < 4.78 is 63.8. The molecule has 0 saturated carbocycles. The van der Waals surface area contributed by atoms with Crippen LogP contribution in [0.25, 0.3) is 6.08 Å². The number of fused-ring (bicyclic) bond motifs is 1. The maximum atomic E-state index is 13.4. The third-order valence-corrected chi connectivity index (χ3v) is 4.09. The van der Waals surface area contributed by atoms with Crippen molar-refractivity contribution in [2.75, 3.05) is 33.2 Å². The van der Waals surface area contributed by atoms with Crippen molar-refractivity contribution < 1.29 is 56.4 Å². The lowest BCUT2D eigenvalue weighted by molar-refractivity contribution is -0.758. The minimum atomic E-state index is -4.93. The van der Waals surface area contributed by atoms with Gasteiger partial charge in [0.15, 0.2) is 0 Å². The number of rotatable bonds is 10. The molecule has 1 aliphatic rings. The number of carbonyl (C=O) groups is 2. The van der Waals surface area contributed by atoms with Gasteiger partial charge in [-0.3, -0.25) is 0 Å². The van der Waals surface area contributed by atoms with E-state index < -0.39 is 41.9 Å². The van der Waals surface area contributed by atoms with Crippen LogP contribution in [0.4, 0.5) is 18.0 Å². The first-order chi connectivity index (χ1) is 15.5. The molecule has 0 spiro atoms. The number of esters is 1. The average molecular weight is 500 g/mol. The van der Waals surface area contributed by atoms with Gasteiger partial charge < -0.3 is 28.5 Å². The predicted octanol–water partition coefficient (Wildman–Crippen LogP) is 3.23. The summed E-state index contributed by atoms with van der Waals surface area (Å²) in [6, 6.07) is 2.74. The smallest absolute Gasteiger partial charge is 0.475 e. The molecule has 1 atom stereocenters. The van der Waals surface area contributed by atoms with Crippen molar-refractivity contribution in [2.24, 2.45) is 0 Å². The topological polar surface area (TPSA) is 133 Å². The number of carbonyl (C=O) groups excluding carboxylic acids is 2. The van der Waals surface area contributed by atoms with Crippen LogP contribution in [0.5, 0.6) is 5.75 Å². The van der Waals surface area contributed by atoms with Crippen molar-refractivity contribution in [3.63, 3.8) is 0 Å². The molecule has 2 rings (SSSR count). The standard InChI is InChI=1S/C18H17ClF3NO10/c1-10-6-12(19)7-11-8-13(15(18(20,21)22)33-14(10)11)16(24)30-9-31-17(25)29-4-2-28-3-5-32-23(26)27/h6-8,15H,2-5,9H2,1H3. The van der Waals surface area contributed by atoms with Crippen LogP contribution < -0.4 is 4.74 Å². The van der Waals surface area contributed by atoms with E-state index in [1.54, 1.807) is 0 Å². The molecule has 0 bridgehead atoms. The number of halogens is 4. The highest BCUT2D eigenvalue weighted by Crippen LogP contribution is 2.40. The minimum Gasteiger partial charge on any atom is -0.475 e. The summed E-state index contributed by atoms with van der Waals surface area (Å²) >= 11 is 5.91. The van der Waals surface area contributed by atoms with Crippen molar-refractivity contribution in [1.29, 1.82) is 0 Å². The molecule has 1 unspecified atom stereocenters. The molecule has 0 saturated heterocycles. The van der Waals surface area contributed by atoms with Crippen LogP contribution in [0, 0.1) is 17.0 Å². The van der Waals surface area contributed by atoms with Crippen LogP contribution in [-0.2, 0) is 28.6 Å². The van der Waals surface area contributed by atoms with Gasteiger partial charge in [-0.2, -0.15) is 13.2 Å². The van der Waals surface area contributed by atoms with Gasteiger partial charge in [-0.1, -0.05) is 11.6 Å². The van der Waals surface area contributed by atoms with E-state index in [1.165, 1.54) is 19.1 Å². The van der Waals surface area contributed by atoms with E-state index in [9.17, 15) is 32.9 Å². The normalized spacial score (nSPS) is 14.9. The zero-order valence-corrected chi connectivity index (χ0v) is 17.6. The Bertz CT molecular complexity index is 921. The van der Waals surface area contributed by atoms with Gasteiger partial charge in [0.25, 0.3) is 5.09 Å². The van der Waals surface area contributed by atoms with Gasteiger partial charge in [-0.15, -0.1) is 10.1 Å². The SMILES string of the molecule is Cc1cc(Cl)cc2c1OC(C(F)(F)F)C(C(=O)OCOC(=O)OCCOCCO[N+](=O)[O-])=C2. The molecule has 0 amide bonds. The van der Waals surface area contributed by atoms with Crippen molar-refractivity contribution in [3.8, 4) is 5.75 Å². The molecule has 15 heteroatoms. The number of aryl methyl sites for hydroxylation is 1. The quantitative estimate of drug-likeness (QED) is 0.155. The molecular weight excluding hydrogens is 483 g/mol. The van der Waals surface area contributed by atoms with Gasteiger partial charge >= 0.3 is 18.3 Å². The number of alkyl halides is 3. The molecule has 0 aliphatic carbocycles. The van der Waals surface area contributed by atoms with Gasteiger partial charge in [0.05, 0.1) is 18.8 Å². The monoisotopic (exact) mass is 499 g/mol. The molecule has 182 valence electrons. The van der Waals surface area contributed by atoms with E-state index in [-0.39, 0.29) is 42.8 Å². The van der Waals surface area contributed by atoms with E-state index in [0.29, 0.717) is 5.56 Å².